The monoisotopic (exact) mass is 459 g/mol. The molecule has 1 aromatic heterocycles. The second kappa shape index (κ2) is 9.22. The van der Waals surface area contributed by atoms with Gasteiger partial charge in [-0.05, 0) is 49.2 Å². The number of aromatic hydroxyl groups is 1. The molecule has 0 aliphatic carbocycles. The van der Waals surface area contributed by atoms with Crippen molar-refractivity contribution in [2.24, 2.45) is 4.99 Å². The minimum Gasteiger partial charge on any atom is -0.504 e. The zero-order valence-corrected chi connectivity index (χ0v) is 19.1. The second-order valence-electron chi connectivity index (χ2n) is 7.45. The van der Waals surface area contributed by atoms with E-state index in [1.807, 2.05) is 26.0 Å². The van der Waals surface area contributed by atoms with Crippen LogP contribution < -0.4 is 4.74 Å². The summed E-state index contributed by atoms with van der Waals surface area (Å²) in [4.78, 5) is 20.8. The fourth-order valence-corrected chi connectivity index (χ4v) is 4.42. The van der Waals surface area contributed by atoms with Crippen LogP contribution in [0.1, 0.15) is 16.7 Å². The Labute approximate surface area is 194 Å². The highest BCUT2D eigenvalue weighted by Crippen LogP contribution is 2.42. The number of para-hydroxylation sites is 1. The summed E-state index contributed by atoms with van der Waals surface area (Å²) in [6.07, 6.45) is 1.54. The van der Waals surface area contributed by atoms with Gasteiger partial charge in [0.15, 0.2) is 11.5 Å². The Morgan fingerprint density at radius 1 is 1.12 bits per heavy atom. The molecule has 0 bridgehead atoms. The highest BCUT2D eigenvalue weighted by atomic mass is 32.1. The van der Waals surface area contributed by atoms with Gasteiger partial charge in [0, 0.05) is 29.5 Å². The Balaban J connectivity index is 1.81. The number of nitro groups is 1. The summed E-state index contributed by atoms with van der Waals surface area (Å²) in [6, 6.07) is 17.7. The maximum absolute atomic E-state index is 11.1. The number of phenolic OH excluding ortho intramolecular Hbond substituents is 1. The van der Waals surface area contributed by atoms with Crippen molar-refractivity contribution >= 4 is 28.4 Å². The van der Waals surface area contributed by atoms with Crippen LogP contribution in [0.2, 0.25) is 0 Å². The predicted octanol–water partition coefficient (Wildman–Crippen LogP) is 6.47. The maximum Gasteiger partial charge on any atom is 0.269 e. The molecule has 0 spiro atoms. The van der Waals surface area contributed by atoms with Gasteiger partial charge in [0.05, 0.1) is 22.6 Å². The van der Waals surface area contributed by atoms with E-state index in [0.717, 1.165) is 32.8 Å². The third kappa shape index (κ3) is 4.61. The van der Waals surface area contributed by atoms with Gasteiger partial charge in [0.25, 0.3) is 5.69 Å². The van der Waals surface area contributed by atoms with Crippen molar-refractivity contribution in [2.75, 3.05) is 7.11 Å². The standard InChI is InChI=1S/C25H21N3O4S/c1-15-7-12-20(16(2)13-15)22-24(17-8-10-19(11-9-17)28(30)31)33-25(27-22)26-14-18-5-4-6-21(32-3)23(18)29/h4-14,29H,1-3H3. The van der Waals surface area contributed by atoms with Crippen LogP contribution in [0.3, 0.4) is 0 Å². The molecule has 0 aliphatic rings. The Bertz CT molecular complexity index is 1360. The summed E-state index contributed by atoms with van der Waals surface area (Å²) < 4.78 is 5.15. The molecule has 1 heterocycles. The van der Waals surface area contributed by atoms with Gasteiger partial charge in [-0.25, -0.2) is 9.98 Å². The first-order chi connectivity index (χ1) is 15.9. The van der Waals surface area contributed by atoms with Crippen LogP contribution in [0.15, 0.2) is 65.7 Å². The quantitative estimate of drug-likeness (QED) is 0.202. The summed E-state index contributed by atoms with van der Waals surface area (Å²) in [5.41, 5.74) is 5.31. The number of nitrogens with zero attached hydrogens (tertiary/aromatic N) is 3. The highest BCUT2D eigenvalue weighted by molar-refractivity contribution is 7.19. The Morgan fingerprint density at radius 3 is 2.55 bits per heavy atom. The summed E-state index contributed by atoms with van der Waals surface area (Å²) in [6.45, 7) is 4.06. The number of thiazole rings is 1. The first kappa shape index (κ1) is 22.2. The largest absolute Gasteiger partial charge is 0.504 e. The van der Waals surface area contributed by atoms with E-state index in [9.17, 15) is 15.2 Å². The molecule has 33 heavy (non-hydrogen) atoms. The van der Waals surface area contributed by atoms with E-state index >= 15 is 0 Å². The Morgan fingerprint density at radius 2 is 1.88 bits per heavy atom. The number of hydrogen-bond donors (Lipinski definition) is 1. The first-order valence-corrected chi connectivity index (χ1v) is 10.9. The van der Waals surface area contributed by atoms with Gasteiger partial charge >= 0.3 is 0 Å². The topological polar surface area (TPSA) is 97.9 Å². The molecule has 166 valence electrons. The van der Waals surface area contributed by atoms with Gasteiger partial charge in [-0.2, -0.15) is 0 Å². The smallest absolute Gasteiger partial charge is 0.269 e. The third-order valence-corrected chi connectivity index (χ3v) is 6.17. The number of rotatable bonds is 6. The molecule has 8 heteroatoms. The number of aryl methyl sites for hydroxylation is 2. The molecule has 4 rings (SSSR count). The molecule has 4 aromatic rings. The lowest BCUT2D eigenvalue weighted by molar-refractivity contribution is -0.384. The second-order valence-corrected chi connectivity index (χ2v) is 8.43. The number of ether oxygens (including phenoxy) is 1. The van der Waals surface area contributed by atoms with Gasteiger partial charge in [-0.15, -0.1) is 0 Å². The lowest BCUT2D eigenvalue weighted by Crippen LogP contribution is -1.89. The van der Waals surface area contributed by atoms with E-state index in [2.05, 4.69) is 11.1 Å². The normalized spacial score (nSPS) is 11.1. The summed E-state index contributed by atoms with van der Waals surface area (Å²) in [5, 5.41) is 21.9. The molecule has 7 nitrogen and oxygen atoms in total. The number of hydrogen-bond acceptors (Lipinski definition) is 7. The van der Waals surface area contributed by atoms with Gasteiger partial charge < -0.3 is 9.84 Å². The maximum atomic E-state index is 11.1. The zero-order chi connectivity index (χ0) is 23.5. The van der Waals surface area contributed by atoms with Crippen molar-refractivity contribution in [3.8, 4) is 33.2 Å². The molecule has 0 radical (unpaired) electrons. The summed E-state index contributed by atoms with van der Waals surface area (Å²) in [7, 11) is 1.49. The van der Waals surface area contributed by atoms with Crippen molar-refractivity contribution in [2.45, 2.75) is 13.8 Å². The van der Waals surface area contributed by atoms with Crippen LogP contribution >= 0.6 is 11.3 Å². The fourth-order valence-electron chi connectivity index (χ4n) is 3.49. The van der Waals surface area contributed by atoms with Gasteiger partial charge in [-0.3, -0.25) is 10.1 Å². The molecular weight excluding hydrogens is 438 g/mol. The summed E-state index contributed by atoms with van der Waals surface area (Å²) >= 11 is 1.38. The number of aliphatic imine (C=N–C) groups is 1. The van der Waals surface area contributed by atoms with Gasteiger partial charge in [0.1, 0.15) is 0 Å². The van der Waals surface area contributed by atoms with Crippen LogP contribution in [0, 0.1) is 24.0 Å². The molecule has 0 unspecified atom stereocenters. The average Bonchev–Trinajstić information content (AvgIpc) is 3.22. The van der Waals surface area contributed by atoms with Crippen molar-refractivity contribution < 1.29 is 14.8 Å². The van der Waals surface area contributed by atoms with Gasteiger partial charge in [-0.1, -0.05) is 41.2 Å². The number of nitro benzene ring substituents is 1. The Kier molecular flexibility index (Phi) is 6.19. The van der Waals surface area contributed by atoms with Crippen molar-refractivity contribution in [1.82, 2.24) is 4.98 Å². The third-order valence-electron chi connectivity index (χ3n) is 5.16. The molecule has 0 saturated carbocycles. The number of aromatic nitrogens is 1. The Hall–Kier alpha value is -4.04. The molecule has 0 amide bonds. The average molecular weight is 460 g/mol. The molecule has 3 aromatic carbocycles. The molecular formula is C25H21N3O4S. The molecule has 0 fully saturated rings. The van der Waals surface area contributed by atoms with Crippen molar-refractivity contribution in [3.05, 3.63) is 87.5 Å². The molecule has 1 N–H and O–H groups in total. The minimum absolute atomic E-state index is 0.00509. The SMILES string of the molecule is COc1cccc(C=Nc2nc(-c3ccc(C)cc3C)c(-c3ccc([N+](=O)[O-])cc3)s2)c1O. The zero-order valence-electron chi connectivity index (χ0n) is 18.3. The highest BCUT2D eigenvalue weighted by Gasteiger charge is 2.17. The van der Waals surface area contributed by atoms with Crippen molar-refractivity contribution in [3.63, 3.8) is 0 Å². The van der Waals surface area contributed by atoms with Crippen LogP contribution in [0.25, 0.3) is 21.7 Å². The lowest BCUT2D eigenvalue weighted by atomic mass is 10.0. The van der Waals surface area contributed by atoms with Crippen LogP contribution in [-0.2, 0) is 0 Å². The predicted molar refractivity (Wildman–Crippen MR) is 131 cm³/mol. The van der Waals surface area contributed by atoms with E-state index in [1.165, 1.54) is 30.6 Å². The summed E-state index contributed by atoms with van der Waals surface area (Å²) in [5.74, 6) is 0.367. The number of non-ortho nitro benzene ring substituents is 1. The lowest BCUT2D eigenvalue weighted by Gasteiger charge is -2.07. The minimum atomic E-state index is -0.419. The first-order valence-electron chi connectivity index (χ1n) is 10.1. The van der Waals surface area contributed by atoms with Crippen LogP contribution in [0.4, 0.5) is 10.8 Å². The van der Waals surface area contributed by atoms with E-state index in [-0.39, 0.29) is 11.4 Å². The number of phenols is 1. The van der Waals surface area contributed by atoms with E-state index in [4.69, 9.17) is 9.72 Å². The van der Waals surface area contributed by atoms with Gasteiger partial charge in [0.2, 0.25) is 5.13 Å². The van der Waals surface area contributed by atoms with Crippen LogP contribution in [-0.4, -0.2) is 28.3 Å². The van der Waals surface area contributed by atoms with E-state index in [1.54, 1.807) is 36.5 Å². The molecule has 0 saturated heterocycles. The fraction of sp³-hybridized carbons (Fsp3) is 0.120. The van der Waals surface area contributed by atoms with E-state index in [0.29, 0.717) is 16.4 Å². The molecule has 0 atom stereocenters. The van der Waals surface area contributed by atoms with Crippen LogP contribution in [0.5, 0.6) is 11.5 Å². The number of benzene rings is 3. The molecule has 0 aliphatic heterocycles. The van der Waals surface area contributed by atoms with E-state index < -0.39 is 4.92 Å². The van der Waals surface area contributed by atoms with Crippen molar-refractivity contribution in [1.29, 1.82) is 0 Å². The number of methoxy groups -OCH3 is 1.